The normalized spacial score (nSPS) is 10.2. The summed E-state index contributed by atoms with van der Waals surface area (Å²) in [7, 11) is 0. The van der Waals surface area contributed by atoms with Crippen LogP contribution in [0.3, 0.4) is 0 Å². The molecule has 0 fully saturated rings. The van der Waals surface area contributed by atoms with E-state index in [9.17, 15) is 9.18 Å². The molecular formula is C7H2BrCl2FO2. The molecule has 0 spiro atoms. The molecular weight excluding hydrogens is 286 g/mol. The predicted octanol–water partition coefficient (Wildman–Crippen LogP) is 3.59. The summed E-state index contributed by atoms with van der Waals surface area (Å²) in [5, 5.41) is 7.88. The third-order valence-electron chi connectivity index (χ3n) is 1.33. The maximum atomic E-state index is 13.1. The van der Waals surface area contributed by atoms with E-state index < -0.39 is 16.8 Å². The Morgan fingerprint density at radius 1 is 1.46 bits per heavy atom. The number of carboxylic acid groups (broad SMARTS) is 1. The van der Waals surface area contributed by atoms with Crippen molar-refractivity contribution < 1.29 is 14.3 Å². The first kappa shape index (κ1) is 10.8. The largest absolute Gasteiger partial charge is 0.478 e. The summed E-state index contributed by atoms with van der Waals surface area (Å²) in [6.45, 7) is 0. The summed E-state index contributed by atoms with van der Waals surface area (Å²) >= 11 is 13.8. The zero-order valence-corrected chi connectivity index (χ0v) is 9.04. The van der Waals surface area contributed by atoms with Crippen LogP contribution < -0.4 is 0 Å². The minimum Gasteiger partial charge on any atom is -0.478 e. The molecule has 0 unspecified atom stereocenters. The van der Waals surface area contributed by atoms with Crippen LogP contribution in [0.25, 0.3) is 0 Å². The second-order valence-electron chi connectivity index (χ2n) is 2.15. The third kappa shape index (κ3) is 1.95. The Morgan fingerprint density at radius 3 is 2.46 bits per heavy atom. The van der Waals surface area contributed by atoms with Crippen molar-refractivity contribution in [3.63, 3.8) is 0 Å². The molecule has 1 aromatic carbocycles. The summed E-state index contributed by atoms with van der Waals surface area (Å²) in [6.07, 6.45) is 0. The highest BCUT2D eigenvalue weighted by molar-refractivity contribution is 9.10. The molecule has 0 saturated carbocycles. The summed E-state index contributed by atoms with van der Waals surface area (Å²) in [4.78, 5) is 10.5. The van der Waals surface area contributed by atoms with E-state index >= 15 is 0 Å². The van der Waals surface area contributed by atoms with Crippen LogP contribution in [0.4, 0.5) is 4.39 Å². The molecule has 0 aliphatic rings. The van der Waals surface area contributed by atoms with Crippen LogP contribution in [0.15, 0.2) is 10.5 Å². The van der Waals surface area contributed by atoms with Gasteiger partial charge in [-0.1, -0.05) is 23.2 Å². The summed E-state index contributed by atoms with van der Waals surface area (Å²) in [6, 6.07) is 1.15. The Bertz CT molecular complexity index is 381. The van der Waals surface area contributed by atoms with E-state index in [1.807, 2.05) is 0 Å². The molecule has 0 bridgehead atoms. The van der Waals surface area contributed by atoms with Crippen LogP contribution in [-0.2, 0) is 0 Å². The first-order valence-electron chi connectivity index (χ1n) is 3.01. The lowest BCUT2D eigenvalue weighted by Gasteiger charge is -2.03. The van der Waals surface area contributed by atoms with E-state index in [1.54, 1.807) is 0 Å². The number of benzene rings is 1. The smallest absolute Gasteiger partial charge is 0.337 e. The number of aromatic carboxylic acids is 1. The number of hydrogen-bond acceptors (Lipinski definition) is 1. The molecule has 0 radical (unpaired) electrons. The van der Waals surface area contributed by atoms with Gasteiger partial charge in [-0.05, 0) is 22.0 Å². The molecule has 0 aliphatic heterocycles. The molecule has 1 aromatic rings. The van der Waals surface area contributed by atoms with Gasteiger partial charge in [-0.3, -0.25) is 0 Å². The molecule has 0 aromatic heterocycles. The van der Waals surface area contributed by atoms with Gasteiger partial charge in [-0.25, -0.2) is 9.18 Å². The summed E-state index contributed by atoms with van der Waals surface area (Å²) < 4.78 is 13.2. The quantitative estimate of drug-likeness (QED) is 0.633. The second kappa shape index (κ2) is 3.82. The summed E-state index contributed by atoms with van der Waals surface area (Å²) in [5.74, 6) is -2.24. The lowest BCUT2D eigenvalue weighted by atomic mass is 10.2. The van der Waals surface area contributed by atoms with Crippen LogP contribution in [0, 0.1) is 5.82 Å². The summed E-state index contributed by atoms with van der Waals surface area (Å²) in [5.41, 5.74) is -0.324. The second-order valence-corrected chi connectivity index (χ2v) is 3.76. The molecule has 1 N–H and O–H groups in total. The van der Waals surface area contributed by atoms with Gasteiger partial charge in [-0.15, -0.1) is 0 Å². The highest BCUT2D eigenvalue weighted by atomic mass is 79.9. The van der Waals surface area contributed by atoms with Gasteiger partial charge in [0.25, 0.3) is 0 Å². The van der Waals surface area contributed by atoms with Crippen LogP contribution in [0.2, 0.25) is 10.0 Å². The fraction of sp³-hybridized carbons (Fsp3) is 0. The van der Waals surface area contributed by atoms with Gasteiger partial charge in [0.05, 0.1) is 15.6 Å². The fourth-order valence-corrected chi connectivity index (χ4v) is 1.56. The van der Waals surface area contributed by atoms with Gasteiger partial charge in [-0.2, -0.15) is 0 Å². The van der Waals surface area contributed by atoms with Gasteiger partial charge in [0.2, 0.25) is 0 Å². The average molecular weight is 288 g/mol. The number of halogens is 4. The van der Waals surface area contributed by atoms with Gasteiger partial charge in [0.15, 0.2) is 5.82 Å². The fourth-order valence-electron chi connectivity index (χ4n) is 0.728. The maximum Gasteiger partial charge on any atom is 0.337 e. The van der Waals surface area contributed by atoms with Crippen LogP contribution in [0.1, 0.15) is 10.4 Å². The monoisotopic (exact) mass is 286 g/mol. The van der Waals surface area contributed by atoms with E-state index in [0.717, 1.165) is 6.07 Å². The Balaban J connectivity index is 3.50. The average Bonchev–Trinajstić information content (AvgIpc) is 2.07. The van der Waals surface area contributed by atoms with Crippen molar-refractivity contribution in [2.75, 3.05) is 0 Å². The van der Waals surface area contributed by atoms with Crippen molar-refractivity contribution in [3.05, 3.63) is 32.0 Å². The van der Waals surface area contributed by atoms with Gasteiger partial charge in [0, 0.05) is 4.47 Å². The molecule has 0 heterocycles. The Hall–Kier alpha value is -0.320. The van der Waals surface area contributed by atoms with Crippen molar-refractivity contribution in [3.8, 4) is 0 Å². The van der Waals surface area contributed by atoms with Crippen LogP contribution in [-0.4, -0.2) is 11.1 Å². The van der Waals surface area contributed by atoms with Crippen LogP contribution in [0.5, 0.6) is 0 Å². The van der Waals surface area contributed by atoms with Crippen molar-refractivity contribution in [1.29, 1.82) is 0 Å². The maximum absolute atomic E-state index is 13.1. The van der Waals surface area contributed by atoms with Crippen LogP contribution >= 0.6 is 39.1 Å². The highest BCUT2D eigenvalue weighted by Crippen LogP contribution is 2.33. The van der Waals surface area contributed by atoms with E-state index in [-0.39, 0.29) is 15.1 Å². The Labute approximate surface area is 91.4 Å². The topological polar surface area (TPSA) is 37.3 Å². The molecule has 0 atom stereocenters. The number of carbonyl (C=O) groups is 1. The highest BCUT2D eigenvalue weighted by Gasteiger charge is 2.18. The number of hydrogen-bond donors (Lipinski definition) is 1. The zero-order chi connectivity index (χ0) is 10.2. The molecule has 0 amide bonds. The first-order chi connectivity index (χ1) is 5.95. The molecule has 2 nitrogen and oxygen atoms in total. The van der Waals surface area contributed by atoms with Gasteiger partial charge < -0.3 is 5.11 Å². The number of carboxylic acids is 1. The van der Waals surface area contributed by atoms with E-state index in [0.29, 0.717) is 0 Å². The molecule has 1 rings (SSSR count). The SMILES string of the molecule is O=C(O)c1cc(Br)c(Cl)c(F)c1Cl. The van der Waals surface area contributed by atoms with E-state index in [4.69, 9.17) is 28.3 Å². The Kier molecular flexibility index (Phi) is 3.16. The molecule has 0 saturated heterocycles. The number of rotatable bonds is 1. The van der Waals surface area contributed by atoms with Crippen molar-refractivity contribution in [1.82, 2.24) is 0 Å². The van der Waals surface area contributed by atoms with Gasteiger partial charge >= 0.3 is 5.97 Å². The van der Waals surface area contributed by atoms with Crippen molar-refractivity contribution >= 4 is 45.1 Å². The molecule has 70 valence electrons. The first-order valence-corrected chi connectivity index (χ1v) is 4.56. The molecule has 13 heavy (non-hydrogen) atoms. The van der Waals surface area contributed by atoms with Crippen molar-refractivity contribution in [2.24, 2.45) is 0 Å². The molecule has 6 heteroatoms. The van der Waals surface area contributed by atoms with Crippen molar-refractivity contribution in [2.45, 2.75) is 0 Å². The standard InChI is InChI=1S/C7H2BrCl2FO2/c8-3-1-2(7(12)13)4(9)6(11)5(3)10/h1H,(H,12,13). The lowest BCUT2D eigenvalue weighted by Crippen LogP contribution is -1.99. The minimum atomic E-state index is -1.30. The Morgan fingerprint density at radius 2 is 2.00 bits per heavy atom. The third-order valence-corrected chi connectivity index (χ3v) is 2.93. The van der Waals surface area contributed by atoms with E-state index in [1.165, 1.54) is 0 Å². The van der Waals surface area contributed by atoms with E-state index in [2.05, 4.69) is 15.9 Å². The molecule has 0 aliphatic carbocycles. The predicted molar refractivity (Wildman–Crippen MR) is 51.1 cm³/mol. The minimum absolute atomic E-state index is 0.161. The zero-order valence-electron chi connectivity index (χ0n) is 5.94. The lowest BCUT2D eigenvalue weighted by molar-refractivity contribution is 0.0696. The van der Waals surface area contributed by atoms with Gasteiger partial charge in [0.1, 0.15) is 0 Å².